The summed E-state index contributed by atoms with van der Waals surface area (Å²) in [7, 11) is 0. The number of carbonyl (C=O) groups excluding carboxylic acids is 2. The van der Waals surface area contributed by atoms with Crippen LogP contribution in [-0.4, -0.2) is 56.5 Å². The van der Waals surface area contributed by atoms with Gasteiger partial charge in [0.2, 0.25) is 0 Å². The highest BCUT2D eigenvalue weighted by Gasteiger charge is 2.49. The molecule has 10 heteroatoms. The van der Waals surface area contributed by atoms with Crippen LogP contribution in [0.15, 0.2) is 0 Å². The number of likely N-dealkylation sites (tertiary alicyclic amines) is 1. The summed E-state index contributed by atoms with van der Waals surface area (Å²) in [5.74, 6) is -1.35. The predicted octanol–water partition coefficient (Wildman–Crippen LogP) is 1.91. The lowest BCUT2D eigenvalue weighted by Crippen LogP contribution is -2.71. The summed E-state index contributed by atoms with van der Waals surface area (Å²) in [4.78, 5) is 39.5. The second kappa shape index (κ2) is 6.41. The predicted molar refractivity (Wildman–Crippen MR) is 82.8 cm³/mol. The maximum atomic E-state index is 13.2. The highest BCUT2D eigenvalue weighted by Crippen LogP contribution is 2.34. The minimum Gasteiger partial charge on any atom is -0.465 e. The molecule has 2 rings (SSSR count). The molecule has 1 aromatic rings. The molecule has 138 valence electrons. The number of hydrogen-bond donors (Lipinski definition) is 2. The molecule has 2 amide bonds. The molecule has 1 aliphatic heterocycles. The number of imidazole rings is 1. The van der Waals surface area contributed by atoms with Crippen LogP contribution in [0, 0.1) is 12.3 Å². The minimum absolute atomic E-state index is 0.00150. The number of aldehydes is 1. The number of rotatable bonds is 4. The number of nitrogens with zero attached hydrogens (tertiary/aromatic N) is 3. The SMILES string of the molecule is Cc1nc(C=O)n(C(F)F)c1C(=O)NC1CN(C(=O)O)C1C(C)(C)C. The van der Waals surface area contributed by atoms with Crippen molar-refractivity contribution in [2.45, 2.75) is 46.3 Å². The van der Waals surface area contributed by atoms with Crippen LogP contribution >= 0.6 is 0 Å². The van der Waals surface area contributed by atoms with E-state index in [-0.39, 0.29) is 23.1 Å². The Bertz CT molecular complexity index is 711. The zero-order valence-corrected chi connectivity index (χ0v) is 14.3. The Kier molecular flexibility index (Phi) is 4.83. The number of carboxylic acid groups (broad SMARTS) is 1. The van der Waals surface area contributed by atoms with Gasteiger partial charge in [0.25, 0.3) is 5.91 Å². The standard InChI is InChI=1S/C15H20F2N4O4/c1-7-10(21(13(16)17)9(6-22)18-7)12(23)19-8-5-20(14(24)25)11(8)15(2,3)4/h6,8,11,13H,5H2,1-4H3,(H,19,23)(H,24,25). The van der Waals surface area contributed by atoms with Gasteiger partial charge in [0.05, 0.1) is 17.8 Å². The van der Waals surface area contributed by atoms with Crippen LogP contribution in [0.1, 0.15) is 54.1 Å². The first-order chi connectivity index (χ1) is 11.5. The van der Waals surface area contributed by atoms with Crippen molar-refractivity contribution in [1.82, 2.24) is 19.8 Å². The van der Waals surface area contributed by atoms with Gasteiger partial charge in [0, 0.05) is 6.54 Å². The van der Waals surface area contributed by atoms with Crippen molar-refractivity contribution in [1.29, 1.82) is 0 Å². The number of hydrogen-bond acceptors (Lipinski definition) is 4. The molecule has 1 saturated heterocycles. The molecule has 0 aliphatic carbocycles. The van der Waals surface area contributed by atoms with Crippen LogP contribution in [0.4, 0.5) is 13.6 Å². The summed E-state index contributed by atoms with van der Waals surface area (Å²) >= 11 is 0. The van der Waals surface area contributed by atoms with Crippen LogP contribution in [0.3, 0.4) is 0 Å². The van der Waals surface area contributed by atoms with Crippen molar-refractivity contribution in [2.24, 2.45) is 5.41 Å². The molecule has 0 bridgehead atoms. The Labute approximate surface area is 142 Å². The van der Waals surface area contributed by atoms with Crippen molar-refractivity contribution in [3.63, 3.8) is 0 Å². The third kappa shape index (κ3) is 3.33. The molecule has 2 heterocycles. The first-order valence-electron chi connectivity index (χ1n) is 7.61. The highest BCUT2D eigenvalue weighted by molar-refractivity contribution is 5.95. The lowest BCUT2D eigenvalue weighted by Gasteiger charge is -2.52. The summed E-state index contributed by atoms with van der Waals surface area (Å²) in [6.45, 7) is 3.79. The Hall–Kier alpha value is -2.52. The fraction of sp³-hybridized carbons (Fsp3) is 0.600. The zero-order valence-electron chi connectivity index (χ0n) is 14.3. The molecule has 1 aliphatic rings. The molecule has 2 unspecified atom stereocenters. The van der Waals surface area contributed by atoms with Crippen molar-refractivity contribution in [2.75, 3.05) is 6.54 Å². The molecule has 0 spiro atoms. The molecule has 2 atom stereocenters. The van der Waals surface area contributed by atoms with E-state index in [1.807, 2.05) is 20.8 Å². The molecule has 1 fully saturated rings. The minimum atomic E-state index is -3.10. The molecule has 2 N–H and O–H groups in total. The van der Waals surface area contributed by atoms with Crippen LogP contribution in [0.5, 0.6) is 0 Å². The van der Waals surface area contributed by atoms with Gasteiger partial charge in [-0.1, -0.05) is 20.8 Å². The van der Waals surface area contributed by atoms with E-state index in [9.17, 15) is 28.3 Å². The second-order valence-electron chi connectivity index (χ2n) is 7.00. The van der Waals surface area contributed by atoms with Gasteiger partial charge in [0.1, 0.15) is 5.69 Å². The largest absolute Gasteiger partial charge is 0.465 e. The average molecular weight is 358 g/mol. The number of carbonyl (C=O) groups is 3. The van der Waals surface area contributed by atoms with E-state index in [0.717, 1.165) is 0 Å². The van der Waals surface area contributed by atoms with E-state index in [1.165, 1.54) is 11.8 Å². The monoisotopic (exact) mass is 358 g/mol. The Balaban J connectivity index is 2.28. The Morgan fingerprint density at radius 1 is 1.40 bits per heavy atom. The van der Waals surface area contributed by atoms with Gasteiger partial charge in [-0.2, -0.15) is 8.78 Å². The van der Waals surface area contributed by atoms with E-state index in [0.29, 0.717) is 0 Å². The van der Waals surface area contributed by atoms with Gasteiger partial charge in [0.15, 0.2) is 12.1 Å². The number of aryl methyl sites for hydroxylation is 1. The molecule has 0 radical (unpaired) electrons. The van der Waals surface area contributed by atoms with E-state index in [2.05, 4.69) is 10.3 Å². The summed E-state index contributed by atoms with van der Waals surface area (Å²) in [5.41, 5.74) is -0.860. The van der Waals surface area contributed by atoms with E-state index in [1.54, 1.807) is 0 Å². The molecule has 1 aromatic heterocycles. The average Bonchev–Trinajstić information content (AvgIpc) is 2.77. The fourth-order valence-corrected chi connectivity index (χ4v) is 3.26. The van der Waals surface area contributed by atoms with Crippen molar-refractivity contribution in [3.8, 4) is 0 Å². The molecule has 25 heavy (non-hydrogen) atoms. The number of amides is 2. The summed E-state index contributed by atoms with van der Waals surface area (Å²) < 4.78 is 26.7. The number of halogens is 2. The van der Waals surface area contributed by atoms with Crippen molar-refractivity contribution in [3.05, 3.63) is 17.2 Å². The lowest BCUT2D eigenvalue weighted by molar-refractivity contribution is -0.0111. The number of nitrogens with one attached hydrogen (secondary N) is 1. The van der Waals surface area contributed by atoms with Crippen LogP contribution in [-0.2, 0) is 0 Å². The molecule has 0 aromatic carbocycles. The van der Waals surface area contributed by atoms with Gasteiger partial charge in [-0.25, -0.2) is 9.78 Å². The van der Waals surface area contributed by atoms with Gasteiger partial charge >= 0.3 is 12.6 Å². The molecular formula is C15H20F2N4O4. The maximum Gasteiger partial charge on any atom is 0.407 e. The highest BCUT2D eigenvalue weighted by atomic mass is 19.3. The van der Waals surface area contributed by atoms with Gasteiger partial charge in [-0.05, 0) is 12.3 Å². The van der Waals surface area contributed by atoms with Gasteiger partial charge < -0.3 is 15.3 Å². The van der Waals surface area contributed by atoms with E-state index < -0.39 is 47.6 Å². The van der Waals surface area contributed by atoms with Gasteiger partial charge in [-0.3, -0.25) is 14.2 Å². The third-order valence-electron chi connectivity index (χ3n) is 4.19. The summed E-state index contributed by atoms with van der Waals surface area (Å²) in [5, 5.41) is 11.8. The van der Waals surface area contributed by atoms with Crippen molar-refractivity contribution < 1.29 is 28.3 Å². The Morgan fingerprint density at radius 3 is 2.44 bits per heavy atom. The smallest absolute Gasteiger partial charge is 0.407 e. The normalized spacial score (nSPS) is 20.4. The van der Waals surface area contributed by atoms with E-state index >= 15 is 0 Å². The third-order valence-corrected chi connectivity index (χ3v) is 4.19. The topological polar surface area (TPSA) is 105 Å². The first-order valence-corrected chi connectivity index (χ1v) is 7.61. The molecule has 0 saturated carbocycles. The molecular weight excluding hydrogens is 338 g/mol. The maximum absolute atomic E-state index is 13.2. The van der Waals surface area contributed by atoms with Crippen LogP contribution in [0.2, 0.25) is 0 Å². The van der Waals surface area contributed by atoms with Crippen LogP contribution in [0.25, 0.3) is 0 Å². The molecule has 8 nitrogen and oxygen atoms in total. The summed E-state index contributed by atoms with van der Waals surface area (Å²) in [6, 6.07) is -1.02. The summed E-state index contributed by atoms with van der Waals surface area (Å²) in [6.07, 6.45) is -0.953. The van der Waals surface area contributed by atoms with Crippen molar-refractivity contribution >= 4 is 18.3 Å². The second-order valence-corrected chi connectivity index (χ2v) is 7.00. The van der Waals surface area contributed by atoms with Crippen LogP contribution < -0.4 is 5.32 Å². The first kappa shape index (κ1) is 18.8. The van der Waals surface area contributed by atoms with Gasteiger partial charge in [-0.15, -0.1) is 0 Å². The number of alkyl halides is 2. The Morgan fingerprint density at radius 2 is 2.00 bits per heavy atom. The lowest BCUT2D eigenvalue weighted by atomic mass is 9.76. The number of aromatic nitrogens is 2. The quantitative estimate of drug-likeness (QED) is 0.800. The zero-order chi connectivity index (χ0) is 19.1. The van der Waals surface area contributed by atoms with E-state index in [4.69, 9.17) is 0 Å². The fourth-order valence-electron chi connectivity index (χ4n) is 3.26.